The van der Waals surface area contributed by atoms with Crippen LogP contribution in [0.2, 0.25) is 0 Å². The van der Waals surface area contributed by atoms with Gasteiger partial charge in [0.15, 0.2) is 0 Å². The maximum Gasteiger partial charge on any atom is 0.128 e. The van der Waals surface area contributed by atoms with Crippen LogP contribution in [0.25, 0.3) is 0 Å². The molecule has 0 aliphatic heterocycles. The summed E-state index contributed by atoms with van der Waals surface area (Å²) in [5.41, 5.74) is 9.17. The van der Waals surface area contributed by atoms with Gasteiger partial charge in [0.25, 0.3) is 0 Å². The summed E-state index contributed by atoms with van der Waals surface area (Å²) in [6.45, 7) is 5.07. The molecule has 0 amide bonds. The molecule has 0 aliphatic rings. The van der Waals surface area contributed by atoms with Crippen molar-refractivity contribution in [2.75, 3.05) is 12.3 Å². The number of anilines is 1. The third kappa shape index (κ3) is 2.71. The molecule has 2 rings (SSSR count). The van der Waals surface area contributed by atoms with Crippen LogP contribution >= 0.6 is 0 Å². The Bertz CT molecular complexity index is 494. The minimum absolute atomic E-state index is 0.0381. The maximum absolute atomic E-state index is 5.99. The number of nitrogens with two attached hydrogens (primary N) is 1. The van der Waals surface area contributed by atoms with Crippen molar-refractivity contribution < 1.29 is 4.42 Å². The topological polar surface area (TPSA) is 64.1 Å². The van der Waals surface area contributed by atoms with Crippen molar-refractivity contribution in [3.63, 3.8) is 0 Å². The number of rotatable bonds is 5. The molecule has 0 radical (unpaired) electrons. The first kappa shape index (κ1) is 12.6. The third-order valence-corrected chi connectivity index (χ3v) is 2.87. The molecule has 96 valence electrons. The second-order valence-corrected chi connectivity index (χ2v) is 4.43. The number of aryl methyl sites for hydroxylation is 1. The Balaban J connectivity index is 2.36. The van der Waals surface area contributed by atoms with E-state index in [0.717, 1.165) is 29.7 Å². The van der Waals surface area contributed by atoms with Crippen LogP contribution in [0.1, 0.15) is 36.1 Å². The van der Waals surface area contributed by atoms with Crippen LogP contribution < -0.4 is 11.1 Å². The Morgan fingerprint density at radius 2 is 2.33 bits per heavy atom. The fourth-order valence-corrected chi connectivity index (χ4v) is 1.97. The van der Waals surface area contributed by atoms with E-state index in [1.54, 1.807) is 18.7 Å². The van der Waals surface area contributed by atoms with Gasteiger partial charge in [-0.15, -0.1) is 0 Å². The molecule has 3 N–H and O–H groups in total. The van der Waals surface area contributed by atoms with Crippen LogP contribution in [-0.2, 0) is 0 Å². The number of nitrogens with one attached hydrogen (secondary N) is 1. The molecule has 0 spiro atoms. The number of hydrogen-bond acceptors (Lipinski definition) is 4. The highest BCUT2D eigenvalue weighted by Gasteiger charge is 2.17. The summed E-state index contributed by atoms with van der Waals surface area (Å²) in [4.78, 5) is 4.22. The summed E-state index contributed by atoms with van der Waals surface area (Å²) in [6, 6.07) is 4.06. The molecule has 1 unspecified atom stereocenters. The minimum Gasteiger partial charge on any atom is -0.472 e. The molecule has 0 saturated heterocycles. The molecule has 18 heavy (non-hydrogen) atoms. The molecule has 0 bridgehead atoms. The molecule has 0 saturated carbocycles. The average Bonchev–Trinajstić information content (AvgIpc) is 2.88. The average molecular weight is 245 g/mol. The fraction of sp³-hybridized carbons (Fsp3) is 0.357. The monoisotopic (exact) mass is 245 g/mol. The summed E-state index contributed by atoms with van der Waals surface area (Å²) in [6.07, 6.45) is 6.27. The van der Waals surface area contributed by atoms with Crippen LogP contribution in [0, 0.1) is 6.92 Å². The second-order valence-electron chi connectivity index (χ2n) is 4.43. The SMILES string of the molecule is CCCNC(c1ccoc1)c1cc(C)cnc1N. The van der Waals surface area contributed by atoms with Gasteiger partial charge in [-0.3, -0.25) is 0 Å². The first-order chi connectivity index (χ1) is 8.72. The zero-order valence-corrected chi connectivity index (χ0v) is 10.8. The van der Waals surface area contributed by atoms with E-state index in [1.165, 1.54) is 0 Å². The predicted octanol–water partition coefficient (Wildman–Crippen LogP) is 2.65. The molecule has 1 atom stereocenters. The number of nitrogens with zero attached hydrogens (tertiary/aromatic N) is 1. The van der Waals surface area contributed by atoms with Gasteiger partial charge in [-0.05, 0) is 37.6 Å². The molecule has 0 aliphatic carbocycles. The van der Waals surface area contributed by atoms with E-state index in [4.69, 9.17) is 10.2 Å². The molecule has 0 aromatic carbocycles. The summed E-state index contributed by atoms with van der Waals surface area (Å²) < 4.78 is 5.17. The van der Waals surface area contributed by atoms with Gasteiger partial charge in [0.2, 0.25) is 0 Å². The molecule has 2 aromatic rings. The summed E-state index contributed by atoms with van der Waals surface area (Å²) in [5.74, 6) is 0.565. The number of hydrogen-bond donors (Lipinski definition) is 2. The van der Waals surface area contributed by atoms with E-state index in [1.807, 2.05) is 13.0 Å². The van der Waals surface area contributed by atoms with Crippen molar-refractivity contribution in [1.82, 2.24) is 10.3 Å². The smallest absolute Gasteiger partial charge is 0.128 e. The standard InChI is InChI=1S/C14H19N3O/c1-3-5-16-13(11-4-6-18-9-11)12-7-10(2)8-17-14(12)15/h4,6-9,13,16H,3,5H2,1-2H3,(H2,15,17). The number of furan rings is 1. The normalized spacial score (nSPS) is 12.6. The second kappa shape index (κ2) is 5.69. The van der Waals surface area contributed by atoms with E-state index >= 15 is 0 Å². The highest BCUT2D eigenvalue weighted by atomic mass is 16.3. The summed E-state index contributed by atoms with van der Waals surface area (Å²) in [7, 11) is 0. The lowest BCUT2D eigenvalue weighted by atomic mass is 10.0. The van der Waals surface area contributed by atoms with Gasteiger partial charge >= 0.3 is 0 Å². The van der Waals surface area contributed by atoms with Crippen molar-refractivity contribution in [2.24, 2.45) is 0 Å². The largest absolute Gasteiger partial charge is 0.472 e. The van der Waals surface area contributed by atoms with Gasteiger partial charge in [0.05, 0.1) is 18.6 Å². The molecule has 4 heteroatoms. The first-order valence-corrected chi connectivity index (χ1v) is 6.20. The Morgan fingerprint density at radius 3 is 3.00 bits per heavy atom. The molecular weight excluding hydrogens is 226 g/mol. The van der Waals surface area contributed by atoms with Crippen molar-refractivity contribution in [2.45, 2.75) is 26.3 Å². The Kier molecular flexibility index (Phi) is 3.99. The van der Waals surface area contributed by atoms with Crippen molar-refractivity contribution in [3.05, 3.63) is 47.5 Å². The third-order valence-electron chi connectivity index (χ3n) is 2.87. The van der Waals surface area contributed by atoms with Gasteiger partial charge < -0.3 is 15.5 Å². The van der Waals surface area contributed by atoms with Crippen LogP contribution in [-0.4, -0.2) is 11.5 Å². The fourth-order valence-electron chi connectivity index (χ4n) is 1.97. The van der Waals surface area contributed by atoms with Crippen molar-refractivity contribution in [1.29, 1.82) is 0 Å². The van der Waals surface area contributed by atoms with Gasteiger partial charge in [-0.25, -0.2) is 4.98 Å². The number of aromatic nitrogens is 1. The van der Waals surface area contributed by atoms with Gasteiger partial charge in [0.1, 0.15) is 5.82 Å². The van der Waals surface area contributed by atoms with E-state index in [-0.39, 0.29) is 6.04 Å². The van der Waals surface area contributed by atoms with Gasteiger partial charge in [0, 0.05) is 17.3 Å². The molecule has 4 nitrogen and oxygen atoms in total. The lowest BCUT2D eigenvalue weighted by Crippen LogP contribution is -2.24. The van der Waals surface area contributed by atoms with Gasteiger partial charge in [-0.1, -0.05) is 6.92 Å². The highest BCUT2D eigenvalue weighted by Crippen LogP contribution is 2.26. The quantitative estimate of drug-likeness (QED) is 0.850. The molecule has 2 heterocycles. The Hall–Kier alpha value is -1.81. The zero-order valence-electron chi connectivity index (χ0n) is 10.8. The van der Waals surface area contributed by atoms with Crippen molar-refractivity contribution >= 4 is 5.82 Å². The first-order valence-electron chi connectivity index (χ1n) is 6.20. The summed E-state index contributed by atoms with van der Waals surface area (Å²) in [5, 5.41) is 3.48. The van der Waals surface area contributed by atoms with E-state index < -0.39 is 0 Å². The molecule has 2 aromatic heterocycles. The Morgan fingerprint density at radius 1 is 1.50 bits per heavy atom. The minimum atomic E-state index is 0.0381. The van der Waals surface area contributed by atoms with E-state index in [2.05, 4.69) is 23.3 Å². The number of pyridine rings is 1. The summed E-state index contributed by atoms with van der Waals surface area (Å²) >= 11 is 0. The lowest BCUT2D eigenvalue weighted by Gasteiger charge is -2.19. The van der Waals surface area contributed by atoms with Gasteiger partial charge in [-0.2, -0.15) is 0 Å². The zero-order chi connectivity index (χ0) is 13.0. The van der Waals surface area contributed by atoms with Crippen molar-refractivity contribution in [3.8, 4) is 0 Å². The lowest BCUT2D eigenvalue weighted by molar-refractivity contribution is 0.548. The number of nitrogen functional groups attached to an aromatic ring is 1. The highest BCUT2D eigenvalue weighted by molar-refractivity contribution is 5.46. The predicted molar refractivity (Wildman–Crippen MR) is 72.2 cm³/mol. The Labute approximate surface area is 107 Å². The van der Waals surface area contributed by atoms with Crippen LogP contribution in [0.4, 0.5) is 5.82 Å². The van der Waals surface area contributed by atoms with E-state index in [9.17, 15) is 0 Å². The van der Waals surface area contributed by atoms with E-state index in [0.29, 0.717) is 5.82 Å². The van der Waals surface area contributed by atoms with Crippen LogP contribution in [0.15, 0.2) is 35.3 Å². The molecular formula is C14H19N3O. The molecule has 0 fully saturated rings. The van der Waals surface area contributed by atoms with Crippen LogP contribution in [0.3, 0.4) is 0 Å². The maximum atomic E-state index is 5.99. The van der Waals surface area contributed by atoms with Crippen LogP contribution in [0.5, 0.6) is 0 Å².